The Morgan fingerprint density at radius 3 is 2.35 bits per heavy atom. The summed E-state index contributed by atoms with van der Waals surface area (Å²) in [6, 6.07) is -1.68. The third kappa shape index (κ3) is 6.19. The maximum Gasteiger partial charge on any atom is 0.402 e. The molecule has 0 aliphatic rings. The Balaban J connectivity index is 3.32. The summed E-state index contributed by atoms with van der Waals surface area (Å²) < 4.78 is 36.7. The lowest BCUT2D eigenvalue weighted by atomic mass is 9.61. The molecule has 1 aromatic rings. The van der Waals surface area contributed by atoms with Gasteiger partial charge >= 0.3 is 19.4 Å². The largest absolute Gasteiger partial charge is 0.480 e. The van der Waals surface area contributed by atoms with Gasteiger partial charge in [-0.15, -0.1) is 0 Å². The minimum Gasteiger partial charge on any atom is -0.480 e. The number of hydrogen-bond acceptors (Lipinski definition) is 8. The van der Waals surface area contributed by atoms with Gasteiger partial charge in [0.2, 0.25) is 11.4 Å². The number of nitrogens with zero attached hydrogens (tertiary/aromatic N) is 1. The fourth-order valence-corrected chi connectivity index (χ4v) is 3.30. The number of carbonyl (C=O) groups is 1. The van der Waals surface area contributed by atoms with Crippen LogP contribution in [0.4, 0.5) is 4.39 Å². The van der Waals surface area contributed by atoms with E-state index < -0.39 is 72.8 Å². The van der Waals surface area contributed by atoms with E-state index in [2.05, 4.69) is 4.52 Å². The Bertz CT molecular complexity index is 990. The summed E-state index contributed by atoms with van der Waals surface area (Å²) in [7, 11) is 16.4. The highest BCUT2D eigenvalue weighted by Gasteiger charge is 2.52. The first kappa shape index (κ1) is 27.4. The number of H-pyrrole nitrogens is 1. The first-order valence-electron chi connectivity index (χ1n) is 8.12. The van der Waals surface area contributed by atoms with Crippen LogP contribution in [-0.4, -0.2) is 97.6 Å². The molecule has 3 unspecified atom stereocenters. The molecule has 4 atom stereocenters. The van der Waals surface area contributed by atoms with Crippen molar-refractivity contribution in [3.05, 3.63) is 20.8 Å². The number of aromatic nitrogens is 2. The molecule has 0 aromatic carbocycles. The summed E-state index contributed by atoms with van der Waals surface area (Å²) in [6.07, 6.45) is -2.14. The van der Waals surface area contributed by atoms with Crippen molar-refractivity contribution in [2.24, 2.45) is 0 Å². The number of ether oxygens (including phenoxy) is 1. The molecule has 8 radical (unpaired) electrons. The molecular weight excluding hydrogens is 439 g/mol. The SMILES string of the molecule is [B]c1c([B])n(C(CO)O[C@@](F)(CO)C([B])([B])OP(=O)(O)NC(C)C(=O)O)c(=O)[nH]c1=O. The van der Waals surface area contributed by atoms with E-state index in [4.69, 9.17) is 41.2 Å². The summed E-state index contributed by atoms with van der Waals surface area (Å²) in [5, 5.41) is 25.8. The van der Waals surface area contributed by atoms with Gasteiger partial charge in [-0.1, -0.05) is 0 Å². The Labute approximate surface area is 179 Å². The van der Waals surface area contributed by atoms with Crippen molar-refractivity contribution in [1.82, 2.24) is 14.6 Å². The molecular formula is C12H15B4FN3O10P. The van der Waals surface area contributed by atoms with Gasteiger partial charge in [0.05, 0.1) is 12.0 Å². The van der Waals surface area contributed by atoms with Gasteiger partial charge in [-0.25, -0.2) is 18.8 Å². The van der Waals surface area contributed by atoms with Crippen LogP contribution in [0.2, 0.25) is 0 Å². The second kappa shape index (κ2) is 9.86. The highest BCUT2D eigenvalue weighted by molar-refractivity contribution is 7.50. The van der Waals surface area contributed by atoms with Crippen molar-refractivity contribution in [2.45, 2.75) is 30.4 Å². The predicted octanol–water partition coefficient (Wildman–Crippen LogP) is -5.54. The number of carboxylic acid groups (broad SMARTS) is 1. The second-order valence-electron chi connectivity index (χ2n) is 6.16. The third-order valence-electron chi connectivity index (χ3n) is 3.78. The third-order valence-corrected chi connectivity index (χ3v) is 5.04. The number of aliphatic carboxylic acids is 1. The molecule has 0 bridgehead atoms. The van der Waals surface area contributed by atoms with Crippen molar-refractivity contribution >= 4 is 56.2 Å². The lowest BCUT2D eigenvalue weighted by Gasteiger charge is -2.42. The van der Waals surface area contributed by atoms with Crippen LogP contribution in [0.5, 0.6) is 0 Å². The highest BCUT2D eigenvalue weighted by atomic mass is 31.2. The highest BCUT2D eigenvalue weighted by Crippen LogP contribution is 2.45. The lowest BCUT2D eigenvalue weighted by Crippen LogP contribution is -2.61. The molecule has 1 aromatic heterocycles. The van der Waals surface area contributed by atoms with E-state index >= 15 is 4.39 Å². The number of hydrogen-bond donors (Lipinski definition) is 6. The fraction of sp³-hybridized carbons (Fsp3) is 0.583. The molecule has 0 aliphatic carbocycles. The predicted molar refractivity (Wildman–Crippen MR) is 106 cm³/mol. The zero-order chi connectivity index (χ0) is 24.4. The van der Waals surface area contributed by atoms with Crippen LogP contribution in [0.15, 0.2) is 9.59 Å². The number of carboxylic acids is 1. The van der Waals surface area contributed by atoms with Gasteiger partial charge in [-0.05, 0) is 18.0 Å². The van der Waals surface area contributed by atoms with Crippen molar-refractivity contribution < 1.29 is 43.2 Å². The van der Waals surface area contributed by atoms with E-state index in [1.165, 1.54) is 0 Å². The summed E-state index contributed by atoms with van der Waals surface area (Å²) in [6.45, 7) is -2.06. The monoisotopic (exact) mass is 455 g/mol. The van der Waals surface area contributed by atoms with Crippen molar-refractivity contribution in [3.8, 4) is 0 Å². The Morgan fingerprint density at radius 2 is 1.90 bits per heavy atom. The molecule has 6 N–H and O–H groups in total. The maximum absolute atomic E-state index is 15.3. The molecule has 31 heavy (non-hydrogen) atoms. The second-order valence-corrected chi connectivity index (χ2v) is 7.65. The van der Waals surface area contributed by atoms with E-state index in [-0.39, 0.29) is 4.57 Å². The normalized spacial score (nSPS) is 18.0. The standard InChI is InChI=1S/C12H15B4FN3O10P/c1-4(9(24)25)19-31(27,28)30-12(15,16)11(17,3-22)29-5(2-21)20-7(14)6(13)8(23)18-10(20)26/h4-5,21-22H,2-3H2,1H3,(H,24,25)(H,18,23,26)(H2,19,27,28)/t4?,5?,11-/m0/s1. The molecule has 0 amide bonds. The van der Waals surface area contributed by atoms with Crippen LogP contribution in [0.3, 0.4) is 0 Å². The Morgan fingerprint density at radius 1 is 1.35 bits per heavy atom. The first-order chi connectivity index (χ1) is 14.0. The van der Waals surface area contributed by atoms with Crippen LogP contribution in [0.1, 0.15) is 13.2 Å². The zero-order valence-electron chi connectivity index (χ0n) is 15.9. The first-order valence-corrected chi connectivity index (χ1v) is 9.69. The van der Waals surface area contributed by atoms with Gasteiger partial charge in [-0.2, -0.15) is 0 Å². The van der Waals surface area contributed by atoms with E-state index in [0.29, 0.717) is 0 Å². The fourth-order valence-electron chi connectivity index (χ4n) is 2.11. The number of aliphatic hydroxyl groups excluding tert-OH is 2. The number of aromatic amines is 1. The molecule has 1 rings (SSSR count). The van der Waals surface area contributed by atoms with Gasteiger partial charge < -0.3 is 29.5 Å². The molecule has 13 nitrogen and oxygen atoms in total. The van der Waals surface area contributed by atoms with E-state index in [1.54, 1.807) is 10.1 Å². The Hall–Kier alpha value is -1.67. The van der Waals surface area contributed by atoms with E-state index in [9.17, 15) is 34.1 Å². The molecule has 0 aliphatic heterocycles. The Kier molecular flexibility index (Phi) is 8.70. The smallest absolute Gasteiger partial charge is 0.402 e. The summed E-state index contributed by atoms with van der Waals surface area (Å²) in [4.78, 5) is 45.7. The van der Waals surface area contributed by atoms with Crippen LogP contribution in [0.25, 0.3) is 0 Å². The van der Waals surface area contributed by atoms with Crippen molar-refractivity contribution in [2.75, 3.05) is 13.2 Å². The number of halogens is 1. The van der Waals surface area contributed by atoms with Crippen molar-refractivity contribution in [1.29, 1.82) is 0 Å². The number of aliphatic hydroxyl groups is 2. The molecule has 0 spiro atoms. The quantitative estimate of drug-likeness (QED) is 0.138. The lowest BCUT2D eigenvalue weighted by molar-refractivity contribution is -0.260. The molecule has 0 fully saturated rings. The van der Waals surface area contributed by atoms with Crippen LogP contribution >= 0.6 is 7.75 Å². The number of nitrogens with one attached hydrogen (secondary N) is 2. The zero-order valence-corrected chi connectivity index (χ0v) is 16.8. The van der Waals surface area contributed by atoms with Gasteiger partial charge in [0.25, 0.3) is 0 Å². The molecule has 0 saturated heterocycles. The number of rotatable bonds is 11. The van der Waals surface area contributed by atoms with E-state index in [1.807, 2.05) is 0 Å². The summed E-state index contributed by atoms with van der Waals surface area (Å²) in [5.74, 6) is -5.41. The van der Waals surface area contributed by atoms with Gasteiger partial charge in [-0.3, -0.25) is 19.1 Å². The molecule has 1 heterocycles. The maximum atomic E-state index is 15.3. The minimum atomic E-state index is -5.23. The number of alkyl halides is 1. The molecule has 162 valence electrons. The summed E-state index contributed by atoms with van der Waals surface area (Å²) >= 11 is 0. The molecule has 19 heteroatoms. The van der Waals surface area contributed by atoms with Gasteiger partial charge in [0.1, 0.15) is 44.0 Å². The van der Waals surface area contributed by atoms with Crippen LogP contribution in [0, 0.1) is 0 Å². The molecule has 0 saturated carbocycles. The minimum absolute atomic E-state index is 0.278. The van der Waals surface area contributed by atoms with Gasteiger partial charge in [0.15, 0.2) is 6.23 Å². The van der Waals surface area contributed by atoms with Crippen molar-refractivity contribution in [3.63, 3.8) is 0 Å². The average Bonchev–Trinajstić information content (AvgIpc) is 2.63. The van der Waals surface area contributed by atoms with Gasteiger partial charge in [0, 0.05) is 0 Å². The van der Waals surface area contributed by atoms with Crippen LogP contribution < -0.4 is 27.4 Å². The summed E-state index contributed by atoms with van der Waals surface area (Å²) in [5.41, 5.74) is -3.89. The average molecular weight is 454 g/mol. The van der Waals surface area contributed by atoms with E-state index in [0.717, 1.165) is 6.92 Å². The van der Waals surface area contributed by atoms with Crippen LogP contribution in [-0.2, 0) is 18.6 Å². The topological polar surface area (TPSA) is 200 Å².